The van der Waals surface area contributed by atoms with E-state index in [1.807, 2.05) is 6.92 Å². The number of carbonyl (C=O) groups excluding carboxylic acids is 2. The maximum Gasteiger partial charge on any atom is 0.269 e. The van der Waals surface area contributed by atoms with E-state index in [-0.39, 0.29) is 0 Å². The van der Waals surface area contributed by atoms with Gasteiger partial charge < -0.3 is 14.2 Å². The summed E-state index contributed by atoms with van der Waals surface area (Å²) in [7, 11) is 3.02. The summed E-state index contributed by atoms with van der Waals surface area (Å²) in [5, 5.41) is 0. The molecule has 3 rings (SSSR count). The van der Waals surface area contributed by atoms with Gasteiger partial charge in [0.2, 0.25) is 0 Å². The quantitative estimate of drug-likeness (QED) is 0.469. The van der Waals surface area contributed by atoms with Crippen molar-refractivity contribution in [2.75, 3.05) is 25.7 Å². The van der Waals surface area contributed by atoms with Gasteiger partial charge >= 0.3 is 0 Å². The second kappa shape index (κ2) is 7.31. The summed E-state index contributed by atoms with van der Waals surface area (Å²) in [6.45, 7) is 2.25. The van der Waals surface area contributed by atoms with E-state index in [1.165, 1.54) is 20.5 Å². The molecule has 1 aliphatic heterocycles. The number of hydrogen-bond acceptors (Lipinski definition) is 5. The summed E-state index contributed by atoms with van der Waals surface area (Å²) in [5.41, 5.74) is 1.73. The Hall–Kier alpha value is -3.28. The molecular weight excluding hydrogens is 334 g/mol. The van der Waals surface area contributed by atoms with Gasteiger partial charge in [-0.05, 0) is 25.1 Å². The highest BCUT2D eigenvalue weighted by molar-refractivity contribution is 6.40. The summed E-state index contributed by atoms with van der Waals surface area (Å²) in [5.74, 6) is 0.0966. The number of nitrogens with zero attached hydrogens (tertiary/aromatic N) is 1. The fraction of sp³-hybridized carbons (Fsp3) is 0.200. The minimum atomic E-state index is -0.450. The number of methoxy groups -OCH3 is 2. The summed E-state index contributed by atoms with van der Waals surface area (Å²) in [6.07, 6.45) is 1.40. The second-order valence-corrected chi connectivity index (χ2v) is 5.52. The number of benzene rings is 2. The third-order valence-corrected chi connectivity index (χ3v) is 4.08. The van der Waals surface area contributed by atoms with Crippen LogP contribution in [0.3, 0.4) is 0 Å². The molecule has 6 nitrogen and oxygen atoms in total. The van der Waals surface area contributed by atoms with Gasteiger partial charge in [0.25, 0.3) is 11.8 Å². The molecule has 2 aromatic carbocycles. The molecule has 2 amide bonds. The van der Waals surface area contributed by atoms with Crippen LogP contribution in [0.15, 0.2) is 48.7 Å². The van der Waals surface area contributed by atoms with Gasteiger partial charge in [-0.2, -0.15) is 0 Å². The molecule has 0 N–H and O–H groups in total. The highest BCUT2D eigenvalue weighted by Gasteiger charge is 2.36. The van der Waals surface area contributed by atoms with Crippen molar-refractivity contribution in [2.45, 2.75) is 6.92 Å². The third-order valence-electron chi connectivity index (χ3n) is 4.08. The zero-order valence-electron chi connectivity index (χ0n) is 14.8. The Bertz CT molecular complexity index is 888. The van der Waals surface area contributed by atoms with Crippen LogP contribution >= 0.6 is 0 Å². The average molecular weight is 353 g/mol. The molecule has 134 valence electrons. The SMILES string of the molecule is CCO/C=C1\C(=O)N(c2ccc(OC)c(OC)c2)C(=O)c2ccccc21. The van der Waals surface area contributed by atoms with Gasteiger partial charge in [0, 0.05) is 17.2 Å². The van der Waals surface area contributed by atoms with Crippen LogP contribution in [0, 0.1) is 0 Å². The van der Waals surface area contributed by atoms with E-state index in [1.54, 1.807) is 42.5 Å². The van der Waals surface area contributed by atoms with Gasteiger partial charge in [-0.1, -0.05) is 18.2 Å². The van der Waals surface area contributed by atoms with Crippen LogP contribution in [-0.4, -0.2) is 32.6 Å². The van der Waals surface area contributed by atoms with Crippen molar-refractivity contribution in [3.63, 3.8) is 0 Å². The fourth-order valence-corrected chi connectivity index (χ4v) is 2.83. The topological polar surface area (TPSA) is 65.1 Å². The zero-order chi connectivity index (χ0) is 18.7. The number of hydrogen-bond donors (Lipinski definition) is 0. The highest BCUT2D eigenvalue weighted by Crippen LogP contribution is 2.36. The van der Waals surface area contributed by atoms with E-state index in [2.05, 4.69) is 0 Å². The number of amides is 2. The Balaban J connectivity index is 2.14. The van der Waals surface area contributed by atoms with Crippen molar-refractivity contribution >= 4 is 23.1 Å². The summed E-state index contributed by atoms with van der Waals surface area (Å²) in [4.78, 5) is 27.1. The average Bonchev–Trinajstić information content (AvgIpc) is 2.68. The second-order valence-electron chi connectivity index (χ2n) is 5.52. The van der Waals surface area contributed by atoms with Gasteiger partial charge in [0.1, 0.15) is 0 Å². The molecule has 1 aliphatic rings. The lowest BCUT2D eigenvalue weighted by Crippen LogP contribution is -2.41. The molecule has 0 spiro atoms. The smallest absolute Gasteiger partial charge is 0.269 e. The maximum atomic E-state index is 13.0. The molecule has 0 fully saturated rings. The van der Waals surface area contributed by atoms with Crippen LogP contribution in [0.25, 0.3) is 5.57 Å². The molecule has 0 atom stereocenters. The van der Waals surface area contributed by atoms with E-state index in [4.69, 9.17) is 14.2 Å². The number of carbonyl (C=O) groups is 2. The number of anilines is 1. The zero-order valence-corrected chi connectivity index (χ0v) is 14.8. The van der Waals surface area contributed by atoms with Crippen molar-refractivity contribution in [1.82, 2.24) is 0 Å². The van der Waals surface area contributed by atoms with Crippen LogP contribution in [0.1, 0.15) is 22.8 Å². The van der Waals surface area contributed by atoms with Crippen molar-refractivity contribution in [2.24, 2.45) is 0 Å². The van der Waals surface area contributed by atoms with Crippen LogP contribution < -0.4 is 14.4 Å². The third kappa shape index (κ3) is 2.90. The lowest BCUT2D eigenvalue weighted by molar-refractivity contribution is -0.113. The van der Waals surface area contributed by atoms with E-state index in [0.29, 0.717) is 40.5 Å². The van der Waals surface area contributed by atoms with Gasteiger partial charge in [0.15, 0.2) is 11.5 Å². The first-order valence-corrected chi connectivity index (χ1v) is 8.14. The molecule has 0 saturated carbocycles. The fourth-order valence-electron chi connectivity index (χ4n) is 2.83. The van der Waals surface area contributed by atoms with Gasteiger partial charge in [-0.3, -0.25) is 9.59 Å². The minimum Gasteiger partial charge on any atom is -0.501 e. The van der Waals surface area contributed by atoms with Crippen molar-refractivity contribution in [3.05, 3.63) is 59.9 Å². The van der Waals surface area contributed by atoms with E-state index >= 15 is 0 Å². The largest absolute Gasteiger partial charge is 0.501 e. The Kier molecular flexibility index (Phi) is 4.93. The number of fused-ring (bicyclic) bond motifs is 1. The van der Waals surface area contributed by atoms with Crippen molar-refractivity contribution < 1.29 is 23.8 Å². The predicted molar refractivity (Wildman–Crippen MR) is 97.4 cm³/mol. The molecule has 2 aromatic rings. The Labute approximate surface area is 151 Å². The lowest BCUT2D eigenvalue weighted by Gasteiger charge is -2.28. The van der Waals surface area contributed by atoms with Crippen LogP contribution in [0.4, 0.5) is 5.69 Å². The molecule has 0 aromatic heterocycles. The predicted octanol–water partition coefficient (Wildman–Crippen LogP) is 3.27. The normalized spacial score (nSPS) is 15.0. The molecule has 0 radical (unpaired) electrons. The molecule has 0 saturated heterocycles. The molecule has 26 heavy (non-hydrogen) atoms. The number of rotatable bonds is 5. The van der Waals surface area contributed by atoms with Crippen molar-refractivity contribution in [3.8, 4) is 11.5 Å². The first kappa shape index (κ1) is 17.5. The van der Waals surface area contributed by atoms with E-state index < -0.39 is 11.8 Å². The van der Waals surface area contributed by atoms with E-state index in [0.717, 1.165) is 4.90 Å². The molecule has 1 heterocycles. The van der Waals surface area contributed by atoms with Crippen LogP contribution in [0.5, 0.6) is 11.5 Å². The molecular formula is C20H19NO5. The molecule has 6 heteroatoms. The van der Waals surface area contributed by atoms with E-state index in [9.17, 15) is 9.59 Å². The highest BCUT2D eigenvalue weighted by atomic mass is 16.5. The first-order chi connectivity index (χ1) is 12.6. The van der Waals surface area contributed by atoms with Gasteiger partial charge in [-0.15, -0.1) is 0 Å². The molecule has 0 aliphatic carbocycles. The van der Waals surface area contributed by atoms with Crippen LogP contribution in [-0.2, 0) is 9.53 Å². The summed E-state index contributed by atoms with van der Waals surface area (Å²) >= 11 is 0. The monoisotopic (exact) mass is 353 g/mol. The lowest BCUT2D eigenvalue weighted by atomic mass is 9.94. The number of ether oxygens (including phenoxy) is 3. The number of imide groups is 1. The molecule has 0 bridgehead atoms. The summed E-state index contributed by atoms with van der Waals surface area (Å²) in [6, 6.07) is 11.9. The Morgan fingerprint density at radius 3 is 2.27 bits per heavy atom. The Morgan fingerprint density at radius 1 is 0.923 bits per heavy atom. The first-order valence-electron chi connectivity index (χ1n) is 8.14. The minimum absolute atomic E-state index is 0.330. The molecule has 0 unspecified atom stereocenters. The standard InChI is InChI=1S/C20H19NO5/c1-4-26-12-16-14-7-5-6-8-15(14)19(22)21(20(16)23)13-9-10-17(24-2)18(11-13)25-3/h5-12H,4H2,1-3H3/b16-12-. The van der Waals surface area contributed by atoms with Crippen molar-refractivity contribution in [1.29, 1.82) is 0 Å². The van der Waals surface area contributed by atoms with Crippen LogP contribution in [0.2, 0.25) is 0 Å². The van der Waals surface area contributed by atoms with Gasteiger partial charge in [-0.25, -0.2) is 4.90 Å². The van der Waals surface area contributed by atoms with Gasteiger partial charge in [0.05, 0.1) is 38.3 Å². The summed E-state index contributed by atoms with van der Waals surface area (Å²) < 4.78 is 15.8. The Morgan fingerprint density at radius 2 is 1.62 bits per heavy atom. The maximum absolute atomic E-state index is 13.0.